The highest BCUT2D eigenvalue weighted by molar-refractivity contribution is 6.33. The van der Waals surface area contributed by atoms with Crippen molar-refractivity contribution in [2.45, 2.75) is 33.2 Å². The molecule has 0 unspecified atom stereocenters. The van der Waals surface area contributed by atoms with Crippen molar-refractivity contribution >= 4 is 17.3 Å². The molecule has 0 saturated carbocycles. The third-order valence-electron chi connectivity index (χ3n) is 3.44. The van der Waals surface area contributed by atoms with Gasteiger partial charge in [0.25, 0.3) is 0 Å². The first kappa shape index (κ1) is 18.3. The molecule has 0 heterocycles. The second-order valence-electron chi connectivity index (χ2n) is 5.71. The molecule has 1 rings (SSSR count). The Bertz CT molecular complexity index is 407. The summed E-state index contributed by atoms with van der Waals surface area (Å²) in [7, 11) is 4.22. The lowest BCUT2D eigenvalue weighted by Crippen LogP contribution is -2.33. The number of benzene rings is 1. The van der Waals surface area contributed by atoms with E-state index in [4.69, 9.17) is 11.6 Å². The summed E-state index contributed by atoms with van der Waals surface area (Å²) in [5.74, 6) is 0. The van der Waals surface area contributed by atoms with Gasteiger partial charge in [-0.25, -0.2) is 0 Å². The van der Waals surface area contributed by atoms with Crippen molar-refractivity contribution in [1.82, 2.24) is 10.2 Å². The van der Waals surface area contributed by atoms with E-state index in [1.165, 1.54) is 11.3 Å². The van der Waals surface area contributed by atoms with Crippen LogP contribution in [0.3, 0.4) is 0 Å². The molecule has 0 aliphatic heterocycles. The van der Waals surface area contributed by atoms with Crippen LogP contribution in [0.1, 0.15) is 32.3 Å². The largest absolute Gasteiger partial charge is 0.369 e. The Morgan fingerprint density at radius 2 is 1.81 bits per heavy atom. The summed E-state index contributed by atoms with van der Waals surface area (Å²) in [5.41, 5.74) is 2.50. The predicted octanol–water partition coefficient (Wildman–Crippen LogP) is 3.62. The third kappa shape index (κ3) is 6.25. The van der Waals surface area contributed by atoms with Crippen molar-refractivity contribution in [3.8, 4) is 0 Å². The van der Waals surface area contributed by atoms with E-state index in [2.05, 4.69) is 49.1 Å². The second kappa shape index (κ2) is 10.0. The Balaban J connectivity index is 2.92. The molecule has 120 valence electrons. The van der Waals surface area contributed by atoms with Crippen molar-refractivity contribution in [2.75, 3.05) is 45.2 Å². The Morgan fingerprint density at radius 3 is 2.43 bits per heavy atom. The zero-order chi connectivity index (χ0) is 15.7. The van der Waals surface area contributed by atoms with Crippen molar-refractivity contribution in [3.63, 3.8) is 0 Å². The highest BCUT2D eigenvalue weighted by atomic mass is 35.5. The highest BCUT2D eigenvalue weighted by Crippen LogP contribution is 2.30. The average molecular weight is 312 g/mol. The van der Waals surface area contributed by atoms with Gasteiger partial charge in [0.2, 0.25) is 0 Å². The van der Waals surface area contributed by atoms with Crippen LogP contribution in [-0.2, 0) is 6.54 Å². The molecule has 4 heteroatoms. The molecule has 0 aromatic heterocycles. The minimum atomic E-state index is 0.859. The van der Waals surface area contributed by atoms with E-state index in [0.717, 1.165) is 50.6 Å². The maximum atomic E-state index is 6.50. The Hall–Kier alpha value is -0.770. The minimum Gasteiger partial charge on any atom is -0.369 e. The van der Waals surface area contributed by atoms with Crippen LogP contribution in [0.5, 0.6) is 0 Å². The molecular weight excluding hydrogens is 282 g/mol. The molecule has 0 amide bonds. The molecule has 3 nitrogen and oxygen atoms in total. The lowest BCUT2D eigenvalue weighted by Gasteiger charge is -2.29. The standard InChI is InChI=1S/C17H30ClN3/c1-5-10-19-14-15-8-7-9-16(18)17(15)21(11-6-2)13-12-20(3)4/h7-9,19H,5-6,10-14H2,1-4H3. The van der Waals surface area contributed by atoms with Crippen LogP contribution in [0.2, 0.25) is 5.02 Å². The topological polar surface area (TPSA) is 18.5 Å². The van der Waals surface area contributed by atoms with Gasteiger partial charge >= 0.3 is 0 Å². The summed E-state index contributed by atoms with van der Waals surface area (Å²) in [6.07, 6.45) is 2.27. The fourth-order valence-corrected chi connectivity index (χ4v) is 2.70. The van der Waals surface area contributed by atoms with Crippen LogP contribution in [0.25, 0.3) is 0 Å². The number of anilines is 1. The monoisotopic (exact) mass is 311 g/mol. The van der Waals surface area contributed by atoms with Gasteiger partial charge in [0.15, 0.2) is 0 Å². The predicted molar refractivity (Wildman–Crippen MR) is 94.5 cm³/mol. The lowest BCUT2D eigenvalue weighted by atomic mass is 10.1. The maximum absolute atomic E-state index is 6.50. The van der Waals surface area contributed by atoms with Crippen LogP contribution in [-0.4, -0.2) is 45.2 Å². The van der Waals surface area contributed by atoms with Gasteiger partial charge in [-0.15, -0.1) is 0 Å². The summed E-state index contributed by atoms with van der Waals surface area (Å²) < 4.78 is 0. The fourth-order valence-electron chi connectivity index (χ4n) is 2.38. The van der Waals surface area contributed by atoms with Gasteiger partial charge in [-0.05, 0) is 45.1 Å². The Labute approximate surface area is 135 Å². The van der Waals surface area contributed by atoms with E-state index >= 15 is 0 Å². The summed E-state index contributed by atoms with van der Waals surface area (Å²) in [6, 6.07) is 6.23. The smallest absolute Gasteiger partial charge is 0.0642 e. The van der Waals surface area contributed by atoms with Gasteiger partial charge in [-0.2, -0.15) is 0 Å². The van der Waals surface area contributed by atoms with Crippen LogP contribution in [0.15, 0.2) is 18.2 Å². The van der Waals surface area contributed by atoms with Crippen LogP contribution in [0.4, 0.5) is 5.69 Å². The van der Waals surface area contributed by atoms with Crippen molar-refractivity contribution in [1.29, 1.82) is 0 Å². The van der Waals surface area contributed by atoms with Crippen molar-refractivity contribution in [2.24, 2.45) is 0 Å². The van der Waals surface area contributed by atoms with Crippen LogP contribution < -0.4 is 10.2 Å². The van der Waals surface area contributed by atoms with Crippen molar-refractivity contribution in [3.05, 3.63) is 28.8 Å². The highest BCUT2D eigenvalue weighted by Gasteiger charge is 2.14. The van der Waals surface area contributed by atoms with Gasteiger partial charge in [0, 0.05) is 26.2 Å². The Kier molecular flexibility index (Phi) is 8.74. The van der Waals surface area contributed by atoms with E-state index in [0.29, 0.717) is 0 Å². The van der Waals surface area contributed by atoms with Gasteiger partial charge in [0.05, 0.1) is 10.7 Å². The summed E-state index contributed by atoms with van der Waals surface area (Å²) in [6.45, 7) is 9.40. The van der Waals surface area contributed by atoms with Crippen molar-refractivity contribution < 1.29 is 0 Å². The molecule has 1 aromatic rings. The van der Waals surface area contributed by atoms with Crippen LogP contribution >= 0.6 is 11.6 Å². The maximum Gasteiger partial charge on any atom is 0.0642 e. The molecule has 1 aromatic carbocycles. The quantitative estimate of drug-likeness (QED) is 0.666. The fraction of sp³-hybridized carbons (Fsp3) is 0.647. The second-order valence-corrected chi connectivity index (χ2v) is 6.12. The molecule has 0 aliphatic rings. The summed E-state index contributed by atoms with van der Waals surface area (Å²) in [4.78, 5) is 4.64. The molecule has 0 atom stereocenters. The molecule has 0 radical (unpaired) electrons. The Morgan fingerprint density at radius 1 is 1.05 bits per heavy atom. The van der Waals surface area contributed by atoms with Crippen LogP contribution in [0, 0.1) is 0 Å². The SMILES string of the molecule is CCCNCc1cccc(Cl)c1N(CCC)CCN(C)C. The van der Waals surface area contributed by atoms with E-state index in [1.807, 2.05) is 12.1 Å². The molecule has 0 fully saturated rings. The van der Waals surface area contributed by atoms with Gasteiger partial charge in [-0.3, -0.25) is 0 Å². The number of nitrogens with zero attached hydrogens (tertiary/aromatic N) is 2. The number of hydrogen-bond acceptors (Lipinski definition) is 3. The molecule has 0 spiro atoms. The molecule has 0 saturated heterocycles. The third-order valence-corrected chi connectivity index (χ3v) is 3.74. The average Bonchev–Trinajstić information content (AvgIpc) is 2.44. The summed E-state index contributed by atoms with van der Waals surface area (Å²) >= 11 is 6.50. The number of halogens is 1. The van der Waals surface area contributed by atoms with Gasteiger partial charge in [-0.1, -0.05) is 37.6 Å². The molecule has 21 heavy (non-hydrogen) atoms. The number of para-hydroxylation sites is 1. The molecule has 0 bridgehead atoms. The first-order valence-electron chi connectivity index (χ1n) is 7.97. The molecular formula is C17H30ClN3. The van der Waals surface area contributed by atoms with E-state index in [9.17, 15) is 0 Å². The van der Waals surface area contributed by atoms with E-state index in [1.54, 1.807) is 0 Å². The van der Waals surface area contributed by atoms with Gasteiger partial charge in [0.1, 0.15) is 0 Å². The molecule has 1 N–H and O–H groups in total. The number of likely N-dealkylation sites (N-methyl/N-ethyl adjacent to an activating group) is 1. The summed E-state index contributed by atoms with van der Waals surface area (Å²) in [5, 5.41) is 4.34. The lowest BCUT2D eigenvalue weighted by molar-refractivity contribution is 0.412. The minimum absolute atomic E-state index is 0.859. The first-order valence-corrected chi connectivity index (χ1v) is 8.35. The first-order chi connectivity index (χ1) is 10.1. The zero-order valence-electron chi connectivity index (χ0n) is 14.0. The number of rotatable bonds is 10. The number of nitrogens with one attached hydrogen (secondary N) is 1. The number of hydrogen-bond donors (Lipinski definition) is 1. The van der Waals surface area contributed by atoms with E-state index in [-0.39, 0.29) is 0 Å². The van der Waals surface area contributed by atoms with E-state index < -0.39 is 0 Å². The zero-order valence-corrected chi connectivity index (χ0v) is 14.7. The molecule has 0 aliphatic carbocycles. The van der Waals surface area contributed by atoms with Gasteiger partial charge < -0.3 is 15.1 Å². The normalized spacial score (nSPS) is 11.1.